The molecule has 0 N–H and O–H groups in total. The van der Waals surface area contributed by atoms with Crippen LogP contribution in [0.3, 0.4) is 0 Å². The van der Waals surface area contributed by atoms with Crippen molar-refractivity contribution in [3.05, 3.63) is 0 Å². The van der Waals surface area contributed by atoms with Crippen LogP contribution in [0.25, 0.3) is 0 Å². The number of rotatable bonds is 4. The highest BCUT2D eigenvalue weighted by atomic mass is 16.2. The summed E-state index contributed by atoms with van der Waals surface area (Å²) in [6, 6.07) is 0.376. The minimum absolute atomic E-state index is 0.0919. The second-order valence-electron chi connectivity index (χ2n) is 6.23. The van der Waals surface area contributed by atoms with Crippen molar-refractivity contribution in [2.75, 3.05) is 40.8 Å². The number of likely N-dealkylation sites (N-methyl/N-ethyl adjacent to an activating group) is 2. The molecule has 2 amide bonds. The minimum Gasteiger partial charge on any atom is -0.344 e. The van der Waals surface area contributed by atoms with Crippen molar-refractivity contribution >= 4 is 11.8 Å². The number of carbonyl (C=O) groups is 2. The average molecular weight is 297 g/mol. The van der Waals surface area contributed by atoms with Gasteiger partial charge in [0.2, 0.25) is 11.8 Å². The third kappa shape index (κ3) is 4.99. The maximum Gasteiger partial charge on any atom is 0.226 e. The Hall–Kier alpha value is -1.10. The molecule has 1 aliphatic heterocycles. The summed E-state index contributed by atoms with van der Waals surface area (Å²) in [7, 11) is 5.96. The van der Waals surface area contributed by atoms with Crippen LogP contribution in [0, 0.1) is 5.92 Å². The van der Waals surface area contributed by atoms with Gasteiger partial charge in [-0.15, -0.1) is 0 Å². The lowest BCUT2D eigenvalue weighted by molar-refractivity contribution is -0.140. The van der Waals surface area contributed by atoms with E-state index in [1.54, 1.807) is 4.90 Å². The third-order valence-corrected chi connectivity index (χ3v) is 4.58. The lowest BCUT2D eigenvalue weighted by Gasteiger charge is -2.28. The van der Waals surface area contributed by atoms with Crippen LogP contribution in [0.15, 0.2) is 0 Å². The van der Waals surface area contributed by atoms with E-state index in [1.807, 2.05) is 25.8 Å². The molecule has 0 aromatic heterocycles. The van der Waals surface area contributed by atoms with Crippen LogP contribution in [0.1, 0.15) is 39.5 Å². The molecule has 0 spiro atoms. The monoisotopic (exact) mass is 297 g/mol. The van der Waals surface area contributed by atoms with Gasteiger partial charge in [-0.25, -0.2) is 0 Å². The standard InChI is InChI=1S/C16H31N3O2/c1-6-19(7-2)16(21)13-9-8-10-14(17(3)4)12-18(5)15(20)11-13/h13-14H,6-12H2,1-5H3/t13-,14-/m1/s1. The lowest BCUT2D eigenvalue weighted by atomic mass is 9.95. The molecule has 0 radical (unpaired) electrons. The highest BCUT2D eigenvalue weighted by molar-refractivity contribution is 5.85. The van der Waals surface area contributed by atoms with Crippen LogP contribution in [-0.2, 0) is 9.59 Å². The van der Waals surface area contributed by atoms with Gasteiger partial charge in [-0.1, -0.05) is 6.42 Å². The van der Waals surface area contributed by atoms with Crippen molar-refractivity contribution in [2.24, 2.45) is 5.92 Å². The number of hydrogen-bond acceptors (Lipinski definition) is 3. The van der Waals surface area contributed by atoms with Crippen molar-refractivity contribution in [1.82, 2.24) is 14.7 Å². The molecule has 1 rings (SSSR count). The number of amides is 2. The van der Waals surface area contributed by atoms with E-state index >= 15 is 0 Å². The summed E-state index contributed by atoms with van der Waals surface area (Å²) in [5.74, 6) is 0.0834. The van der Waals surface area contributed by atoms with Crippen LogP contribution in [-0.4, -0.2) is 73.3 Å². The van der Waals surface area contributed by atoms with Gasteiger partial charge in [0.1, 0.15) is 0 Å². The first kappa shape index (κ1) is 18.0. The molecule has 0 bridgehead atoms. The van der Waals surface area contributed by atoms with E-state index < -0.39 is 0 Å². The fourth-order valence-corrected chi connectivity index (χ4v) is 3.00. The van der Waals surface area contributed by atoms with E-state index in [0.29, 0.717) is 12.5 Å². The van der Waals surface area contributed by atoms with Crippen LogP contribution in [0.2, 0.25) is 0 Å². The Kier molecular flexibility index (Phi) is 7.15. The lowest BCUT2D eigenvalue weighted by Crippen LogP contribution is -2.42. The zero-order valence-electron chi connectivity index (χ0n) is 14.3. The molecule has 1 heterocycles. The number of hydrogen-bond donors (Lipinski definition) is 0. The first-order valence-electron chi connectivity index (χ1n) is 8.09. The predicted octanol–water partition coefficient (Wildman–Crippen LogP) is 1.43. The molecular weight excluding hydrogens is 266 g/mol. The molecule has 0 unspecified atom stereocenters. The predicted molar refractivity (Wildman–Crippen MR) is 85.0 cm³/mol. The van der Waals surface area contributed by atoms with Crippen molar-refractivity contribution in [3.63, 3.8) is 0 Å². The van der Waals surface area contributed by atoms with Gasteiger partial charge in [0.05, 0.1) is 0 Å². The summed E-state index contributed by atoms with van der Waals surface area (Å²) >= 11 is 0. The Labute approximate surface area is 129 Å². The molecule has 0 aromatic carbocycles. The van der Waals surface area contributed by atoms with Gasteiger partial charge < -0.3 is 14.7 Å². The Balaban J connectivity index is 2.81. The molecular formula is C16H31N3O2. The van der Waals surface area contributed by atoms with E-state index in [1.165, 1.54) is 0 Å². The molecule has 21 heavy (non-hydrogen) atoms. The van der Waals surface area contributed by atoms with Crippen LogP contribution < -0.4 is 0 Å². The van der Waals surface area contributed by atoms with E-state index in [2.05, 4.69) is 19.0 Å². The molecule has 122 valence electrons. The van der Waals surface area contributed by atoms with Gasteiger partial charge >= 0.3 is 0 Å². The fraction of sp³-hybridized carbons (Fsp3) is 0.875. The van der Waals surface area contributed by atoms with E-state index in [9.17, 15) is 9.59 Å². The first-order chi connectivity index (χ1) is 9.90. The number of carbonyl (C=O) groups excluding carboxylic acids is 2. The largest absolute Gasteiger partial charge is 0.344 e. The molecule has 5 nitrogen and oxygen atoms in total. The SMILES string of the molecule is CCN(CC)C(=O)[C@@H]1CCC[C@@H](N(C)C)CN(C)C(=O)C1. The summed E-state index contributed by atoms with van der Waals surface area (Å²) < 4.78 is 0. The zero-order valence-corrected chi connectivity index (χ0v) is 14.3. The summed E-state index contributed by atoms with van der Waals surface area (Å²) in [5, 5.41) is 0. The fourth-order valence-electron chi connectivity index (χ4n) is 3.00. The van der Waals surface area contributed by atoms with Gasteiger partial charge in [0.25, 0.3) is 0 Å². The van der Waals surface area contributed by atoms with Gasteiger partial charge in [-0.2, -0.15) is 0 Å². The van der Waals surface area contributed by atoms with Gasteiger partial charge in [0.15, 0.2) is 0 Å². The quantitative estimate of drug-likeness (QED) is 0.788. The third-order valence-electron chi connectivity index (χ3n) is 4.58. The second-order valence-corrected chi connectivity index (χ2v) is 6.23. The average Bonchev–Trinajstić information content (AvgIpc) is 2.51. The van der Waals surface area contributed by atoms with Crippen molar-refractivity contribution in [3.8, 4) is 0 Å². The second kappa shape index (κ2) is 8.37. The molecule has 1 saturated heterocycles. The van der Waals surface area contributed by atoms with Crippen LogP contribution >= 0.6 is 0 Å². The van der Waals surface area contributed by atoms with E-state index in [-0.39, 0.29) is 17.7 Å². The summed E-state index contributed by atoms with van der Waals surface area (Å²) in [4.78, 5) is 30.7. The number of nitrogens with zero attached hydrogens (tertiary/aromatic N) is 3. The maximum absolute atomic E-state index is 12.6. The Morgan fingerprint density at radius 3 is 2.38 bits per heavy atom. The maximum atomic E-state index is 12.6. The summed E-state index contributed by atoms with van der Waals surface area (Å²) in [6.45, 7) is 6.17. The van der Waals surface area contributed by atoms with Crippen molar-refractivity contribution in [2.45, 2.75) is 45.6 Å². The molecule has 0 saturated carbocycles. The molecule has 0 aromatic rings. The Morgan fingerprint density at radius 2 is 1.86 bits per heavy atom. The highest BCUT2D eigenvalue weighted by Crippen LogP contribution is 2.21. The van der Waals surface area contributed by atoms with E-state index in [0.717, 1.165) is 38.9 Å². The minimum atomic E-state index is -0.152. The molecule has 5 heteroatoms. The Bertz CT molecular complexity index is 353. The highest BCUT2D eigenvalue weighted by Gasteiger charge is 2.29. The van der Waals surface area contributed by atoms with Gasteiger partial charge in [0, 0.05) is 45.1 Å². The molecule has 2 atom stereocenters. The summed E-state index contributed by atoms with van der Waals surface area (Å²) in [6.07, 6.45) is 3.21. The van der Waals surface area contributed by atoms with Gasteiger partial charge in [-0.3, -0.25) is 9.59 Å². The summed E-state index contributed by atoms with van der Waals surface area (Å²) in [5.41, 5.74) is 0. The topological polar surface area (TPSA) is 43.9 Å². The molecule has 1 aliphatic rings. The Morgan fingerprint density at radius 1 is 1.24 bits per heavy atom. The van der Waals surface area contributed by atoms with Crippen molar-refractivity contribution in [1.29, 1.82) is 0 Å². The van der Waals surface area contributed by atoms with Gasteiger partial charge in [-0.05, 0) is 40.8 Å². The smallest absolute Gasteiger partial charge is 0.226 e. The molecule has 1 fully saturated rings. The van der Waals surface area contributed by atoms with Crippen LogP contribution in [0.4, 0.5) is 0 Å². The van der Waals surface area contributed by atoms with Crippen LogP contribution in [0.5, 0.6) is 0 Å². The zero-order chi connectivity index (χ0) is 16.0. The van der Waals surface area contributed by atoms with E-state index in [4.69, 9.17) is 0 Å². The first-order valence-corrected chi connectivity index (χ1v) is 8.09. The normalized spacial score (nSPS) is 24.5. The molecule has 0 aliphatic carbocycles. The van der Waals surface area contributed by atoms with Crippen molar-refractivity contribution < 1.29 is 9.59 Å².